The van der Waals surface area contributed by atoms with Crippen molar-refractivity contribution in [2.24, 2.45) is 17.4 Å². The third kappa shape index (κ3) is 9.21. The summed E-state index contributed by atoms with van der Waals surface area (Å²) >= 11 is 0. The molecule has 0 aromatic rings. The molecule has 0 radical (unpaired) electrons. The molecule has 0 aromatic carbocycles. The molecule has 6 atom stereocenters. The van der Waals surface area contributed by atoms with E-state index in [0.29, 0.717) is 25.2 Å². The molecular formula is C28H54FN7O2. The predicted octanol–water partition coefficient (Wildman–Crippen LogP) is 0.941. The van der Waals surface area contributed by atoms with Crippen molar-refractivity contribution >= 4 is 5.91 Å². The first kappa shape index (κ1) is 31.4. The second-order valence-corrected chi connectivity index (χ2v) is 11.6. The van der Waals surface area contributed by atoms with Crippen LogP contribution in [0.15, 0.2) is 11.6 Å². The molecule has 10 heteroatoms. The number of nitrogens with zero attached hydrogens (tertiary/aromatic N) is 2. The van der Waals surface area contributed by atoms with E-state index in [0.717, 1.165) is 70.4 Å². The molecule has 0 bridgehead atoms. The van der Waals surface area contributed by atoms with Crippen LogP contribution < -0.4 is 27.4 Å². The van der Waals surface area contributed by atoms with Gasteiger partial charge in [-0.3, -0.25) is 9.69 Å². The number of halogens is 1. The van der Waals surface area contributed by atoms with Crippen LogP contribution in [0.2, 0.25) is 0 Å². The number of likely N-dealkylation sites (N-methyl/N-ethyl adjacent to an activating group) is 1. The third-order valence-electron chi connectivity index (χ3n) is 8.60. The number of likely N-dealkylation sites (tertiary alicyclic amines) is 2. The van der Waals surface area contributed by atoms with Gasteiger partial charge in [0.2, 0.25) is 5.91 Å². The second kappa shape index (κ2) is 15.6. The van der Waals surface area contributed by atoms with E-state index in [1.807, 2.05) is 19.9 Å². The Labute approximate surface area is 229 Å². The van der Waals surface area contributed by atoms with E-state index < -0.39 is 24.3 Å². The average molecular weight is 540 g/mol. The fourth-order valence-corrected chi connectivity index (χ4v) is 6.03. The molecule has 220 valence electrons. The Morgan fingerprint density at radius 2 is 1.87 bits per heavy atom. The number of hydrogen-bond donors (Lipinski definition) is 5. The predicted molar refractivity (Wildman–Crippen MR) is 151 cm³/mol. The smallest absolute Gasteiger partial charge is 0.228 e. The van der Waals surface area contributed by atoms with Gasteiger partial charge in [-0.25, -0.2) is 4.39 Å². The Morgan fingerprint density at radius 1 is 1.16 bits per heavy atom. The van der Waals surface area contributed by atoms with Crippen LogP contribution in [0, 0.1) is 5.92 Å². The Morgan fingerprint density at radius 3 is 2.47 bits per heavy atom. The molecule has 0 aromatic heterocycles. The van der Waals surface area contributed by atoms with Crippen LogP contribution in [-0.4, -0.2) is 111 Å². The largest absolute Gasteiger partial charge is 0.374 e. The lowest BCUT2D eigenvalue weighted by atomic mass is 9.91. The minimum Gasteiger partial charge on any atom is -0.374 e. The first-order chi connectivity index (χ1) is 18.2. The van der Waals surface area contributed by atoms with E-state index in [1.54, 1.807) is 0 Å². The highest BCUT2D eigenvalue weighted by molar-refractivity contribution is 5.81. The molecule has 0 spiro atoms. The number of nitrogens with one attached hydrogen (secondary N) is 3. The monoisotopic (exact) mass is 539 g/mol. The zero-order valence-electron chi connectivity index (χ0n) is 24.1. The van der Waals surface area contributed by atoms with Crippen LogP contribution in [0.3, 0.4) is 0 Å². The summed E-state index contributed by atoms with van der Waals surface area (Å²) in [7, 11) is 2.15. The summed E-state index contributed by atoms with van der Waals surface area (Å²) in [5, 5.41) is 9.97. The van der Waals surface area contributed by atoms with Gasteiger partial charge in [-0.05, 0) is 59.0 Å². The highest BCUT2D eigenvalue weighted by atomic mass is 19.1. The number of piperidine rings is 2. The SMILES string of the molecule is CC/C(C)=C\C(NCC(F)CC)C(C(=O)NC1CNCCC1N1CCC(O[C@@H]2CCN(C)C2)CC1)C(N)N. The van der Waals surface area contributed by atoms with Crippen LogP contribution in [0.4, 0.5) is 4.39 Å². The van der Waals surface area contributed by atoms with Crippen LogP contribution >= 0.6 is 0 Å². The first-order valence-corrected chi connectivity index (χ1v) is 14.9. The molecule has 3 rings (SSSR count). The van der Waals surface area contributed by atoms with Gasteiger partial charge in [0.25, 0.3) is 0 Å². The molecule has 3 aliphatic heterocycles. The van der Waals surface area contributed by atoms with Gasteiger partial charge in [-0.15, -0.1) is 0 Å². The number of nitrogens with two attached hydrogens (primary N) is 2. The molecule has 38 heavy (non-hydrogen) atoms. The Balaban J connectivity index is 1.62. The van der Waals surface area contributed by atoms with E-state index in [9.17, 15) is 9.18 Å². The first-order valence-electron chi connectivity index (χ1n) is 14.9. The number of alkyl halides is 1. The van der Waals surface area contributed by atoms with Gasteiger partial charge in [-0.2, -0.15) is 0 Å². The molecule has 0 aliphatic carbocycles. The van der Waals surface area contributed by atoms with Crippen molar-refractivity contribution in [3.8, 4) is 0 Å². The van der Waals surface area contributed by atoms with Gasteiger partial charge >= 0.3 is 0 Å². The maximum atomic E-state index is 14.1. The lowest BCUT2D eigenvalue weighted by Gasteiger charge is -2.44. The molecule has 3 fully saturated rings. The molecule has 5 unspecified atom stereocenters. The maximum Gasteiger partial charge on any atom is 0.228 e. The van der Waals surface area contributed by atoms with E-state index in [2.05, 4.69) is 39.7 Å². The Hall–Kier alpha value is -1.14. The van der Waals surface area contributed by atoms with Crippen molar-refractivity contribution in [1.29, 1.82) is 0 Å². The van der Waals surface area contributed by atoms with Crippen molar-refractivity contribution in [1.82, 2.24) is 25.8 Å². The van der Waals surface area contributed by atoms with Gasteiger partial charge in [0.1, 0.15) is 6.17 Å². The standard InChI is InChI=1S/C28H54FN7O2/c1-5-19(3)15-23(33-16-20(29)6-2)26(27(30)31)28(37)34-24-17-32-11-7-25(24)36-13-9-21(10-14-36)38-22-8-12-35(4)18-22/h15,20-27,32-33H,5-14,16-18,30-31H2,1-4H3,(H,34,37)/b19-15-/t20?,22-,23?,24?,25?,26?/m1/s1. The normalized spacial score (nSPS) is 28.9. The van der Waals surface area contributed by atoms with Crippen molar-refractivity contribution in [3.05, 3.63) is 11.6 Å². The van der Waals surface area contributed by atoms with Gasteiger partial charge in [0.15, 0.2) is 0 Å². The maximum absolute atomic E-state index is 14.1. The summed E-state index contributed by atoms with van der Waals surface area (Å²) in [4.78, 5) is 18.5. The Kier molecular flexibility index (Phi) is 12.9. The quantitative estimate of drug-likeness (QED) is 0.173. The third-order valence-corrected chi connectivity index (χ3v) is 8.60. The summed E-state index contributed by atoms with van der Waals surface area (Å²) < 4.78 is 20.5. The van der Waals surface area contributed by atoms with Gasteiger partial charge in [0, 0.05) is 51.4 Å². The van der Waals surface area contributed by atoms with Crippen LogP contribution in [0.5, 0.6) is 0 Å². The number of hydrogen-bond acceptors (Lipinski definition) is 8. The summed E-state index contributed by atoms with van der Waals surface area (Å²) in [6.07, 6.45) is 6.20. The van der Waals surface area contributed by atoms with Crippen molar-refractivity contribution in [3.63, 3.8) is 0 Å². The highest BCUT2D eigenvalue weighted by Gasteiger charge is 2.38. The van der Waals surface area contributed by atoms with Crippen molar-refractivity contribution < 1.29 is 13.9 Å². The zero-order chi connectivity index (χ0) is 27.7. The number of amides is 1. The van der Waals surface area contributed by atoms with E-state index in [1.165, 1.54) is 0 Å². The van der Waals surface area contributed by atoms with Crippen LogP contribution in [0.25, 0.3) is 0 Å². The summed E-state index contributed by atoms with van der Waals surface area (Å²) in [5.41, 5.74) is 13.5. The number of ether oxygens (including phenoxy) is 1. The second-order valence-electron chi connectivity index (χ2n) is 11.6. The fourth-order valence-electron chi connectivity index (χ4n) is 6.03. The zero-order valence-corrected chi connectivity index (χ0v) is 24.1. The fraction of sp³-hybridized carbons (Fsp3) is 0.893. The van der Waals surface area contributed by atoms with Crippen LogP contribution in [-0.2, 0) is 9.53 Å². The van der Waals surface area contributed by atoms with Crippen molar-refractivity contribution in [2.45, 2.75) is 102 Å². The lowest BCUT2D eigenvalue weighted by Crippen LogP contribution is -2.64. The molecule has 3 saturated heterocycles. The number of carbonyl (C=O) groups is 1. The molecular weight excluding hydrogens is 485 g/mol. The molecule has 0 saturated carbocycles. The molecule has 3 heterocycles. The van der Waals surface area contributed by atoms with Crippen LogP contribution in [0.1, 0.15) is 59.3 Å². The minimum absolute atomic E-state index is 0.0417. The van der Waals surface area contributed by atoms with E-state index in [-0.39, 0.29) is 24.5 Å². The molecule has 9 nitrogen and oxygen atoms in total. The molecule has 3 aliphatic rings. The molecule has 7 N–H and O–H groups in total. The molecule has 1 amide bonds. The summed E-state index contributed by atoms with van der Waals surface area (Å²) in [6, 6.07) is -0.222. The average Bonchev–Trinajstić information content (AvgIpc) is 3.31. The van der Waals surface area contributed by atoms with E-state index in [4.69, 9.17) is 16.2 Å². The van der Waals surface area contributed by atoms with Gasteiger partial charge in [0.05, 0.1) is 30.3 Å². The number of allylic oxidation sites excluding steroid dienone is 1. The minimum atomic E-state index is -0.987. The Bertz CT molecular complexity index is 747. The summed E-state index contributed by atoms with van der Waals surface area (Å²) in [6.45, 7) is 11.8. The van der Waals surface area contributed by atoms with Crippen molar-refractivity contribution in [2.75, 3.05) is 52.9 Å². The highest BCUT2D eigenvalue weighted by Crippen LogP contribution is 2.24. The topological polar surface area (TPSA) is 121 Å². The van der Waals surface area contributed by atoms with Gasteiger partial charge < -0.3 is 37.1 Å². The van der Waals surface area contributed by atoms with E-state index >= 15 is 0 Å². The number of carbonyl (C=O) groups excluding carboxylic acids is 1. The lowest BCUT2D eigenvalue weighted by molar-refractivity contribution is -0.127. The summed E-state index contributed by atoms with van der Waals surface area (Å²) in [5.74, 6) is -0.876. The number of rotatable bonds is 13. The van der Waals surface area contributed by atoms with Gasteiger partial charge in [-0.1, -0.05) is 25.5 Å².